The second-order valence-electron chi connectivity index (χ2n) is 5.78. The molecular formula is C21H15Cl2NO7. The number of nitro groups is 1. The van der Waals surface area contributed by atoms with Gasteiger partial charge in [-0.05, 0) is 36.4 Å². The maximum Gasteiger partial charge on any atom is 0.345 e. The number of nitro benzene ring substituents is 1. The predicted octanol–water partition coefficient (Wildman–Crippen LogP) is 5.87. The number of halogens is 2. The molecule has 0 saturated carbocycles. The van der Waals surface area contributed by atoms with Crippen LogP contribution in [0.2, 0.25) is 10.0 Å². The number of carboxylic acid groups (broad SMARTS) is 1. The van der Waals surface area contributed by atoms with Crippen LogP contribution in [0.15, 0.2) is 66.7 Å². The van der Waals surface area contributed by atoms with Crippen LogP contribution in [-0.4, -0.2) is 29.1 Å². The van der Waals surface area contributed by atoms with Crippen LogP contribution < -0.4 is 4.74 Å². The molecule has 0 heterocycles. The standard InChI is InChI=1S/C14H9Cl2NO5.C7H6O2/c1-21-14(18)10-7-9(3-4-12(10)17(19)20)22-13-5-2-8(15)6-11(13)16;8-7(9)6-4-2-1-3-5-6/h2-7H,1H3;1-5H,(H,8,9). The van der Waals surface area contributed by atoms with Gasteiger partial charge in [0.25, 0.3) is 5.69 Å². The average Bonchev–Trinajstić information content (AvgIpc) is 2.76. The molecule has 3 rings (SSSR count). The van der Waals surface area contributed by atoms with Gasteiger partial charge >= 0.3 is 11.9 Å². The van der Waals surface area contributed by atoms with Gasteiger partial charge in [-0.15, -0.1) is 0 Å². The summed E-state index contributed by atoms with van der Waals surface area (Å²) in [6, 6.07) is 16.6. The third-order valence-corrected chi connectivity index (χ3v) is 4.24. The molecule has 0 spiro atoms. The minimum absolute atomic E-state index is 0.204. The van der Waals surface area contributed by atoms with E-state index in [1.165, 1.54) is 18.2 Å². The molecule has 8 nitrogen and oxygen atoms in total. The first kappa shape index (κ1) is 23.7. The van der Waals surface area contributed by atoms with Crippen molar-refractivity contribution in [3.05, 3.63) is 98.0 Å². The first-order chi connectivity index (χ1) is 14.7. The van der Waals surface area contributed by atoms with Gasteiger partial charge < -0.3 is 14.6 Å². The van der Waals surface area contributed by atoms with Crippen molar-refractivity contribution in [1.82, 2.24) is 0 Å². The van der Waals surface area contributed by atoms with Gasteiger partial charge in [0.15, 0.2) is 0 Å². The number of methoxy groups -OCH3 is 1. The van der Waals surface area contributed by atoms with Crippen molar-refractivity contribution < 1.29 is 29.1 Å². The number of rotatable bonds is 5. The number of esters is 1. The maximum absolute atomic E-state index is 11.6. The van der Waals surface area contributed by atoms with E-state index >= 15 is 0 Å². The number of carboxylic acids is 1. The number of aromatic carboxylic acids is 1. The third kappa shape index (κ3) is 6.70. The van der Waals surface area contributed by atoms with Gasteiger partial charge in [0.05, 0.1) is 22.6 Å². The Bertz CT molecular complexity index is 1100. The van der Waals surface area contributed by atoms with Crippen LogP contribution in [0.1, 0.15) is 20.7 Å². The van der Waals surface area contributed by atoms with Crippen LogP contribution in [0.3, 0.4) is 0 Å². The van der Waals surface area contributed by atoms with Gasteiger partial charge in [-0.2, -0.15) is 0 Å². The molecule has 160 valence electrons. The Hall–Kier alpha value is -3.62. The van der Waals surface area contributed by atoms with E-state index in [1.54, 1.807) is 42.5 Å². The highest BCUT2D eigenvalue weighted by atomic mass is 35.5. The summed E-state index contributed by atoms with van der Waals surface area (Å²) in [5.41, 5.74) is -0.256. The van der Waals surface area contributed by atoms with Crippen LogP contribution in [0.25, 0.3) is 0 Å². The summed E-state index contributed by atoms with van der Waals surface area (Å²) in [6.07, 6.45) is 0. The third-order valence-electron chi connectivity index (χ3n) is 3.71. The number of benzene rings is 3. The van der Waals surface area contributed by atoms with Crippen LogP contribution >= 0.6 is 23.2 Å². The topological polar surface area (TPSA) is 116 Å². The molecule has 0 aliphatic heterocycles. The van der Waals surface area contributed by atoms with Gasteiger partial charge in [0, 0.05) is 17.2 Å². The maximum atomic E-state index is 11.6. The lowest BCUT2D eigenvalue weighted by Crippen LogP contribution is -2.05. The molecule has 0 radical (unpaired) electrons. The first-order valence-corrected chi connectivity index (χ1v) is 9.26. The minimum Gasteiger partial charge on any atom is -0.478 e. The summed E-state index contributed by atoms with van der Waals surface area (Å²) < 4.78 is 10.0. The summed E-state index contributed by atoms with van der Waals surface area (Å²) in [4.78, 5) is 32.1. The van der Waals surface area contributed by atoms with E-state index < -0.39 is 16.9 Å². The lowest BCUT2D eigenvalue weighted by Gasteiger charge is -2.09. The Morgan fingerprint density at radius 3 is 2.19 bits per heavy atom. The summed E-state index contributed by atoms with van der Waals surface area (Å²) in [6.45, 7) is 0. The van der Waals surface area contributed by atoms with Gasteiger partial charge in [-0.25, -0.2) is 9.59 Å². The van der Waals surface area contributed by atoms with E-state index in [1.807, 2.05) is 0 Å². The van der Waals surface area contributed by atoms with E-state index in [0.717, 1.165) is 13.2 Å². The van der Waals surface area contributed by atoms with Gasteiger partial charge in [-0.1, -0.05) is 41.4 Å². The van der Waals surface area contributed by atoms with E-state index in [0.29, 0.717) is 16.3 Å². The largest absolute Gasteiger partial charge is 0.478 e. The Morgan fingerprint density at radius 1 is 1.00 bits per heavy atom. The highest BCUT2D eigenvalue weighted by Gasteiger charge is 2.22. The fourth-order valence-corrected chi connectivity index (χ4v) is 2.72. The van der Waals surface area contributed by atoms with Crippen LogP contribution in [0.5, 0.6) is 11.5 Å². The number of carbonyl (C=O) groups is 2. The molecule has 0 fully saturated rings. The monoisotopic (exact) mass is 463 g/mol. The Labute approximate surface area is 186 Å². The lowest BCUT2D eigenvalue weighted by atomic mass is 10.1. The predicted molar refractivity (Wildman–Crippen MR) is 114 cm³/mol. The van der Waals surface area contributed by atoms with Crippen molar-refractivity contribution in [1.29, 1.82) is 0 Å². The van der Waals surface area contributed by atoms with Crippen molar-refractivity contribution in [2.45, 2.75) is 0 Å². The number of nitrogens with zero attached hydrogens (tertiary/aromatic N) is 1. The summed E-state index contributed by atoms with van der Waals surface area (Å²) in [5, 5.41) is 20.0. The van der Waals surface area contributed by atoms with E-state index in [9.17, 15) is 19.7 Å². The molecule has 0 bridgehead atoms. The Morgan fingerprint density at radius 2 is 1.68 bits per heavy atom. The van der Waals surface area contributed by atoms with Crippen LogP contribution in [0.4, 0.5) is 5.69 Å². The van der Waals surface area contributed by atoms with Crippen molar-refractivity contribution in [2.75, 3.05) is 7.11 Å². The van der Waals surface area contributed by atoms with Crippen molar-refractivity contribution in [2.24, 2.45) is 0 Å². The Kier molecular flexibility index (Phi) is 8.36. The van der Waals surface area contributed by atoms with Crippen LogP contribution in [-0.2, 0) is 4.74 Å². The van der Waals surface area contributed by atoms with E-state index in [-0.39, 0.29) is 22.0 Å². The molecule has 0 saturated heterocycles. The van der Waals surface area contributed by atoms with Gasteiger partial charge in [0.2, 0.25) is 0 Å². The first-order valence-electron chi connectivity index (χ1n) is 8.51. The molecule has 0 aromatic heterocycles. The van der Waals surface area contributed by atoms with Crippen molar-refractivity contribution in [3.8, 4) is 11.5 Å². The van der Waals surface area contributed by atoms with Crippen molar-refractivity contribution in [3.63, 3.8) is 0 Å². The summed E-state index contributed by atoms with van der Waals surface area (Å²) >= 11 is 11.8. The number of hydrogen-bond donors (Lipinski definition) is 1. The van der Waals surface area contributed by atoms with Crippen LogP contribution in [0, 0.1) is 10.1 Å². The summed E-state index contributed by atoms with van der Waals surface area (Å²) in [5.74, 6) is -1.21. The zero-order valence-corrected chi connectivity index (χ0v) is 17.5. The van der Waals surface area contributed by atoms with E-state index in [4.69, 9.17) is 33.0 Å². The zero-order valence-electron chi connectivity index (χ0n) is 16.0. The molecule has 0 atom stereocenters. The van der Waals surface area contributed by atoms with Crippen molar-refractivity contribution >= 4 is 40.8 Å². The SMILES string of the molecule is COC(=O)c1cc(Oc2ccc(Cl)cc2Cl)ccc1[N+](=O)[O-].O=C(O)c1ccccc1. The smallest absolute Gasteiger partial charge is 0.345 e. The lowest BCUT2D eigenvalue weighted by molar-refractivity contribution is -0.385. The highest BCUT2D eigenvalue weighted by Crippen LogP contribution is 2.33. The van der Waals surface area contributed by atoms with Gasteiger partial charge in [0.1, 0.15) is 17.1 Å². The zero-order chi connectivity index (χ0) is 23.0. The number of carbonyl (C=O) groups excluding carboxylic acids is 1. The highest BCUT2D eigenvalue weighted by molar-refractivity contribution is 6.35. The molecule has 0 unspecified atom stereocenters. The molecule has 31 heavy (non-hydrogen) atoms. The molecule has 0 aliphatic rings. The number of hydrogen-bond acceptors (Lipinski definition) is 6. The molecule has 0 amide bonds. The fourth-order valence-electron chi connectivity index (χ4n) is 2.28. The average molecular weight is 464 g/mol. The number of ether oxygens (including phenoxy) is 2. The second kappa shape index (κ2) is 11.0. The molecule has 0 aliphatic carbocycles. The summed E-state index contributed by atoms with van der Waals surface area (Å²) in [7, 11) is 1.13. The van der Waals surface area contributed by atoms with Gasteiger partial charge in [-0.3, -0.25) is 10.1 Å². The Balaban J connectivity index is 0.000000316. The normalized spacial score (nSPS) is 9.77. The minimum atomic E-state index is -0.879. The molecule has 3 aromatic carbocycles. The quantitative estimate of drug-likeness (QED) is 0.285. The van der Waals surface area contributed by atoms with E-state index in [2.05, 4.69) is 4.74 Å². The fraction of sp³-hybridized carbons (Fsp3) is 0.0476. The molecule has 1 N–H and O–H groups in total. The molecular weight excluding hydrogens is 449 g/mol. The molecule has 3 aromatic rings. The molecule has 10 heteroatoms. The second-order valence-corrected chi connectivity index (χ2v) is 6.62.